The number of primary amides is 1. The molecule has 0 spiro atoms. The Bertz CT molecular complexity index is 586. The van der Waals surface area contributed by atoms with Gasteiger partial charge < -0.3 is 20.1 Å². The number of urea groups is 1. The first-order chi connectivity index (χ1) is 11.5. The van der Waals surface area contributed by atoms with Crippen LogP contribution >= 0.6 is 0 Å². The average Bonchev–Trinajstić information content (AvgIpc) is 3.00. The number of carbonyl (C=O) groups is 2. The summed E-state index contributed by atoms with van der Waals surface area (Å²) in [4.78, 5) is 29.6. The van der Waals surface area contributed by atoms with E-state index in [-0.39, 0.29) is 11.8 Å². The number of piperazine rings is 1. The summed E-state index contributed by atoms with van der Waals surface area (Å²) in [6.45, 7) is 6.96. The monoisotopic (exact) mass is 335 g/mol. The van der Waals surface area contributed by atoms with E-state index in [0.717, 1.165) is 44.2 Å². The highest BCUT2D eigenvalue weighted by Gasteiger charge is 2.31. The number of amides is 3. The lowest BCUT2D eigenvalue weighted by Crippen LogP contribution is -2.52. The topological polar surface area (TPSA) is 95.9 Å². The summed E-state index contributed by atoms with van der Waals surface area (Å²) in [6, 6.07) is 1.56. The lowest BCUT2D eigenvalue weighted by Gasteiger charge is -2.38. The van der Waals surface area contributed by atoms with Gasteiger partial charge in [0.2, 0.25) is 5.91 Å². The summed E-state index contributed by atoms with van der Waals surface area (Å²) in [6.07, 6.45) is 1.42. The normalized spacial score (nSPS) is 20.4. The number of likely N-dealkylation sites (tertiary alicyclic amines) is 1. The molecular weight excluding hydrogens is 310 g/mol. The van der Waals surface area contributed by atoms with Gasteiger partial charge in [-0.05, 0) is 19.8 Å². The number of hydrogen-bond donors (Lipinski definition) is 1. The Balaban J connectivity index is 1.44. The van der Waals surface area contributed by atoms with E-state index in [9.17, 15) is 9.59 Å². The molecular formula is C16H25N5O3. The average molecular weight is 335 g/mol. The Kier molecular flexibility index (Phi) is 5.03. The highest BCUT2D eigenvalue weighted by molar-refractivity contribution is 5.79. The molecule has 2 aliphatic heterocycles. The molecule has 0 aromatic carbocycles. The van der Waals surface area contributed by atoms with Gasteiger partial charge in [-0.25, -0.2) is 4.79 Å². The van der Waals surface area contributed by atoms with Crippen molar-refractivity contribution in [2.24, 2.45) is 11.7 Å². The fourth-order valence-electron chi connectivity index (χ4n) is 3.44. The summed E-state index contributed by atoms with van der Waals surface area (Å²) in [5, 5.41) is 3.90. The maximum atomic E-state index is 12.6. The molecule has 1 aromatic rings. The number of aryl methyl sites for hydroxylation is 1. The van der Waals surface area contributed by atoms with Crippen molar-refractivity contribution in [3.05, 3.63) is 17.5 Å². The van der Waals surface area contributed by atoms with Crippen LogP contribution < -0.4 is 5.73 Å². The molecule has 0 saturated carbocycles. The highest BCUT2D eigenvalue weighted by Crippen LogP contribution is 2.20. The molecule has 0 aliphatic carbocycles. The molecule has 3 amide bonds. The quantitative estimate of drug-likeness (QED) is 0.863. The standard InChI is InChI=1S/C16H25N5O3/c1-12-10-14(24-18-12)11-19-6-8-20(9-7-19)15(22)13-2-4-21(5-3-13)16(17)23/h10,13H,2-9,11H2,1H3,(H2,17,23). The lowest BCUT2D eigenvalue weighted by atomic mass is 9.95. The van der Waals surface area contributed by atoms with Crippen LogP contribution in [0.15, 0.2) is 10.6 Å². The number of aromatic nitrogens is 1. The van der Waals surface area contributed by atoms with Gasteiger partial charge in [-0.15, -0.1) is 0 Å². The van der Waals surface area contributed by atoms with Gasteiger partial charge in [0.15, 0.2) is 5.76 Å². The molecule has 2 N–H and O–H groups in total. The predicted molar refractivity (Wildman–Crippen MR) is 87.0 cm³/mol. The number of rotatable bonds is 3. The first kappa shape index (κ1) is 16.8. The second-order valence-electron chi connectivity index (χ2n) is 6.64. The smallest absolute Gasteiger partial charge is 0.314 e. The number of nitrogens with zero attached hydrogens (tertiary/aromatic N) is 4. The van der Waals surface area contributed by atoms with Crippen LogP contribution in [-0.2, 0) is 11.3 Å². The van der Waals surface area contributed by atoms with Crippen LogP contribution in [0.2, 0.25) is 0 Å². The van der Waals surface area contributed by atoms with Crippen molar-refractivity contribution in [2.75, 3.05) is 39.3 Å². The molecule has 0 radical (unpaired) electrons. The first-order valence-corrected chi connectivity index (χ1v) is 8.50. The third kappa shape index (κ3) is 3.87. The number of nitrogens with two attached hydrogens (primary N) is 1. The van der Waals surface area contributed by atoms with Crippen LogP contribution in [0.5, 0.6) is 0 Å². The van der Waals surface area contributed by atoms with Gasteiger partial charge >= 0.3 is 6.03 Å². The molecule has 8 heteroatoms. The van der Waals surface area contributed by atoms with Gasteiger partial charge in [-0.3, -0.25) is 9.69 Å². The minimum atomic E-state index is -0.392. The Morgan fingerprint density at radius 3 is 2.38 bits per heavy atom. The third-order valence-corrected chi connectivity index (χ3v) is 4.90. The second kappa shape index (κ2) is 7.21. The fraction of sp³-hybridized carbons (Fsp3) is 0.688. The molecule has 0 bridgehead atoms. The second-order valence-corrected chi connectivity index (χ2v) is 6.64. The van der Waals surface area contributed by atoms with Crippen molar-refractivity contribution in [3.8, 4) is 0 Å². The van der Waals surface area contributed by atoms with Crippen LogP contribution in [0.25, 0.3) is 0 Å². The van der Waals surface area contributed by atoms with E-state index in [0.29, 0.717) is 25.9 Å². The largest absolute Gasteiger partial charge is 0.360 e. The zero-order valence-corrected chi connectivity index (χ0v) is 14.1. The van der Waals surface area contributed by atoms with Crippen molar-refractivity contribution in [2.45, 2.75) is 26.3 Å². The summed E-state index contributed by atoms with van der Waals surface area (Å²) < 4.78 is 5.25. The van der Waals surface area contributed by atoms with Crippen molar-refractivity contribution in [3.63, 3.8) is 0 Å². The summed E-state index contributed by atoms with van der Waals surface area (Å²) in [5.74, 6) is 1.10. The summed E-state index contributed by atoms with van der Waals surface area (Å²) >= 11 is 0. The van der Waals surface area contributed by atoms with Crippen LogP contribution in [0.3, 0.4) is 0 Å². The SMILES string of the molecule is Cc1cc(CN2CCN(C(=O)C3CCN(C(N)=O)CC3)CC2)on1. The molecule has 0 unspecified atom stereocenters. The van der Waals surface area contributed by atoms with Crippen LogP contribution in [-0.4, -0.2) is 71.1 Å². The van der Waals surface area contributed by atoms with Crippen molar-refractivity contribution >= 4 is 11.9 Å². The molecule has 2 saturated heterocycles. The molecule has 0 atom stereocenters. The third-order valence-electron chi connectivity index (χ3n) is 4.90. The predicted octanol–water partition coefficient (Wildman–Crippen LogP) is 0.418. The Morgan fingerprint density at radius 2 is 1.83 bits per heavy atom. The van der Waals surface area contributed by atoms with E-state index in [1.807, 2.05) is 17.9 Å². The molecule has 24 heavy (non-hydrogen) atoms. The van der Waals surface area contributed by atoms with Gasteiger partial charge in [0, 0.05) is 51.3 Å². The first-order valence-electron chi connectivity index (χ1n) is 8.50. The maximum absolute atomic E-state index is 12.6. The van der Waals surface area contributed by atoms with Crippen LogP contribution in [0.4, 0.5) is 4.79 Å². The number of hydrogen-bond acceptors (Lipinski definition) is 5. The van der Waals surface area contributed by atoms with Gasteiger partial charge in [0.05, 0.1) is 12.2 Å². The van der Waals surface area contributed by atoms with E-state index in [4.69, 9.17) is 10.3 Å². The van der Waals surface area contributed by atoms with E-state index >= 15 is 0 Å². The minimum Gasteiger partial charge on any atom is -0.360 e. The number of piperidine rings is 1. The Hall–Kier alpha value is -2.09. The van der Waals surface area contributed by atoms with Gasteiger partial charge in [-0.2, -0.15) is 0 Å². The van der Waals surface area contributed by atoms with Gasteiger partial charge in [-0.1, -0.05) is 5.16 Å². The summed E-state index contributed by atoms with van der Waals surface area (Å²) in [7, 11) is 0. The lowest BCUT2D eigenvalue weighted by molar-refractivity contribution is -0.138. The highest BCUT2D eigenvalue weighted by atomic mass is 16.5. The zero-order chi connectivity index (χ0) is 17.1. The van der Waals surface area contributed by atoms with E-state index in [2.05, 4.69) is 10.1 Å². The zero-order valence-electron chi connectivity index (χ0n) is 14.1. The van der Waals surface area contributed by atoms with Crippen LogP contribution in [0, 0.1) is 12.8 Å². The summed E-state index contributed by atoms with van der Waals surface area (Å²) in [5.41, 5.74) is 6.18. The van der Waals surface area contributed by atoms with Gasteiger partial charge in [0.25, 0.3) is 0 Å². The van der Waals surface area contributed by atoms with Gasteiger partial charge in [0.1, 0.15) is 0 Å². The molecule has 8 nitrogen and oxygen atoms in total. The molecule has 2 aliphatic rings. The molecule has 2 fully saturated rings. The Labute approximate surface area is 141 Å². The van der Waals surface area contributed by atoms with Crippen LogP contribution in [0.1, 0.15) is 24.3 Å². The Morgan fingerprint density at radius 1 is 1.17 bits per heavy atom. The maximum Gasteiger partial charge on any atom is 0.314 e. The molecule has 1 aromatic heterocycles. The van der Waals surface area contributed by atoms with E-state index < -0.39 is 6.03 Å². The molecule has 3 rings (SSSR count). The fourth-order valence-corrected chi connectivity index (χ4v) is 3.44. The van der Waals surface area contributed by atoms with E-state index in [1.54, 1.807) is 4.90 Å². The van der Waals surface area contributed by atoms with Crippen molar-refractivity contribution < 1.29 is 14.1 Å². The minimum absolute atomic E-state index is 0.0177. The van der Waals surface area contributed by atoms with Crippen molar-refractivity contribution in [1.82, 2.24) is 19.9 Å². The molecule has 3 heterocycles. The van der Waals surface area contributed by atoms with Crippen molar-refractivity contribution in [1.29, 1.82) is 0 Å². The number of carbonyl (C=O) groups excluding carboxylic acids is 2. The molecule has 132 valence electrons. The van der Waals surface area contributed by atoms with E-state index in [1.165, 1.54) is 0 Å².